The van der Waals surface area contributed by atoms with Gasteiger partial charge in [0.25, 0.3) is 0 Å². The Balaban J connectivity index is 1.18. The maximum atomic E-state index is 13.4. The number of rotatable bonds is 6. The first-order valence-electron chi connectivity index (χ1n) is 15.1. The highest BCUT2D eigenvalue weighted by Gasteiger charge is 2.75. The summed E-state index contributed by atoms with van der Waals surface area (Å²) in [6.45, 7) is 4.87. The first-order chi connectivity index (χ1) is 19.2. The molecular weight excluding hydrogens is 591 g/mol. The molecule has 1 aromatic rings. The number of hydrogen-bond acceptors (Lipinski definition) is 6. The number of hydrogen-bond donors (Lipinski definition) is 2. The molecule has 2 N–H and O–H groups in total. The van der Waals surface area contributed by atoms with Crippen LogP contribution in [0.4, 0.5) is 0 Å². The van der Waals surface area contributed by atoms with E-state index in [1.165, 1.54) is 30.4 Å². The van der Waals surface area contributed by atoms with E-state index in [0.717, 1.165) is 49.2 Å². The van der Waals surface area contributed by atoms with E-state index in [0.29, 0.717) is 20.5 Å². The van der Waals surface area contributed by atoms with Crippen LogP contribution in [0.2, 0.25) is 0 Å². The summed E-state index contributed by atoms with van der Waals surface area (Å²) in [6, 6.07) is -0.575. The molecule has 7 rings (SSSR count). The Kier molecular flexibility index (Phi) is 6.85. The van der Waals surface area contributed by atoms with Crippen molar-refractivity contribution in [1.29, 1.82) is 0 Å². The van der Waals surface area contributed by atoms with Crippen LogP contribution in [-0.2, 0) is 27.2 Å². The van der Waals surface area contributed by atoms with E-state index in [9.17, 15) is 15.0 Å². The fraction of sp³-hybridized carbons (Fsp3) is 0.774. The number of Topliss-reactive ketones (excluding diaryl/α,β-unsaturated/α-hetero) is 1. The zero-order valence-electron chi connectivity index (χ0n) is 23.6. The Labute approximate surface area is 247 Å². The lowest BCUT2D eigenvalue weighted by Gasteiger charge is -2.60. The molecule has 1 aliphatic heterocycles. The van der Waals surface area contributed by atoms with Gasteiger partial charge in [-0.25, -0.2) is 0 Å². The number of halogens is 1. The summed E-state index contributed by atoms with van der Waals surface area (Å²) in [7, 11) is 0.669. The monoisotopic (exact) mass is 632 g/mol. The van der Waals surface area contributed by atoms with Crippen molar-refractivity contribution >= 4 is 42.3 Å². The van der Waals surface area contributed by atoms with E-state index >= 15 is 0 Å². The predicted molar refractivity (Wildman–Crippen MR) is 158 cm³/mol. The number of carbonyl (C=O) groups excluding carboxylic acids is 1. The predicted octanol–water partition coefficient (Wildman–Crippen LogP) is 4.83. The van der Waals surface area contributed by atoms with Gasteiger partial charge in [0.2, 0.25) is 6.03 Å². The molecule has 0 radical (unpaired) electrons. The van der Waals surface area contributed by atoms with E-state index in [1.807, 2.05) is 0 Å². The topological polar surface area (TPSA) is 93.8 Å². The highest BCUT2D eigenvalue weighted by atomic mass is 79.9. The average Bonchev–Trinajstić information content (AvgIpc) is 3.68. The number of ketones is 1. The van der Waals surface area contributed by atoms with Crippen molar-refractivity contribution in [3.63, 3.8) is 0 Å². The minimum atomic E-state index is -1.22. The van der Waals surface area contributed by atoms with Crippen LogP contribution in [-0.4, -0.2) is 67.9 Å². The zero-order valence-corrected chi connectivity index (χ0v) is 26.1. The zero-order chi connectivity index (χ0) is 28.0. The van der Waals surface area contributed by atoms with Crippen molar-refractivity contribution in [1.82, 2.24) is 9.78 Å². The van der Waals surface area contributed by atoms with Crippen molar-refractivity contribution in [2.75, 3.05) is 11.9 Å². The van der Waals surface area contributed by atoms with Crippen LogP contribution in [0.25, 0.3) is 6.08 Å². The first-order valence-corrected chi connectivity index (χ1v) is 17.4. The van der Waals surface area contributed by atoms with Gasteiger partial charge in [-0.1, -0.05) is 41.6 Å². The minimum absolute atomic E-state index is 0.0958. The normalized spacial score (nSPS) is 47.3. The lowest BCUT2D eigenvalue weighted by molar-refractivity contribution is -0.191. The highest BCUT2D eigenvalue weighted by molar-refractivity contribution is 9.09. The largest absolute Gasteiger partial charge is 0.393 e. The van der Waals surface area contributed by atoms with Crippen molar-refractivity contribution in [3.05, 3.63) is 23.0 Å². The summed E-state index contributed by atoms with van der Waals surface area (Å²) < 4.78 is 14.8. The van der Waals surface area contributed by atoms with Crippen LogP contribution in [0, 0.1) is 40.4 Å². The van der Waals surface area contributed by atoms with Crippen LogP contribution in [0.1, 0.15) is 70.1 Å². The minimum Gasteiger partial charge on any atom is -0.393 e. The summed E-state index contributed by atoms with van der Waals surface area (Å²) >= 11 is 3.67. The van der Waals surface area contributed by atoms with E-state index in [1.54, 1.807) is 0 Å². The number of aromatic nitrogens is 2. The molecule has 3 unspecified atom stereocenters. The fourth-order valence-electron chi connectivity index (χ4n) is 10.5. The molecule has 5 aliphatic carbocycles. The van der Waals surface area contributed by atoms with Gasteiger partial charge in [0.15, 0.2) is 11.4 Å². The van der Waals surface area contributed by atoms with Gasteiger partial charge in [-0.05, 0) is 106 Å². The maximum Gasteiger partial charge on any atom is 0.201 e. The second-order valence-electron chi connectivity index (χ2n) is 14.0. The maximum absolute atomic E-state index is 13.4. The molecule has 1 saturated heterocycles. The molecule has 0 aromatic carbocycles. The van der Waals surface area contributed by atoms with Crippen molar-refractivity contribution in [3.8, 4) is 0 Å². The Morgan fingerprint density at radius 2 is 2.08 bits per heavy atom. The third kappa shape index (κ3) is 3.78. The smallest absolute Gasteiger partial charge is 0.201 e. The molecule has 1 aromatic heterocycles. The second kappa shape index (κ2) is 9.82. The lowest BCUT2D eigenvalue weighted by atomic mass is 9.45. The number of aliphatic hydroxyl groups excluding tert-OH is 2. The summed E-state index contributed by atoms with van der Waals surface area (Å²) in [5.74, 6) is 1.69. The van der Waals surface area contributed by atoms with Gasteiger partial charge in [0, 0.05) is 23.5 Å². The molecular formula is C31H42BrN2O5P. The van der Waals surface area contributed by atoms with Gasteiger partial charge in [0.05, 0.1) is 17.9 Å². The number of aliphatic hydroxyl groups is 2. The highest BCUT2D eigenvalue weighted by Crippen LogP contribution is 2.70. The number of ether oxygens (including phenoxy) is 2. The SMILES string of the molecule is C=PC1O[C@@H]2C[C@H]3[C@@H]4CCC5=Cc6nn(CC7CCC(CBr)C7)cc6C[C@]5(C)[C@H]4[C@@H](O)C[C@]3(C)[C@]2(C(=O)CO)O1. The summed E-state index contributed by atoms with van der Waals surface area (Å²) in [5, 5.41) is 28.1. The first kappa shape index (κ1) is 27.9. The molecule has 7 nitrogen and oxygen atoms in total. The van der Waals surface area contributed by atoms with Crippen molar-refractivity contribution < 1.29 is 24.5 Å². The summed E-state index contributed by atoms with van der Waals surface area (Å²) in [4.78, 5) is 13.4. The van der Waals surface area contributed by atoms with E-state index in [2.05, 4.69) is 53.0 Å². The van der Waals surface area contributed by atoms with Crippen LogP contribution in [0.3, 0.4) is 0 Å². The molecule has 0 amide bonds. The number of alkyl halides is 1. The van der Waals surface area contributed by atoms with Crippen LogP contribution in [0.5, 0.6) is 0 Å². The Morgan fingerprint density at radius 1 is 1.27 bits per heavy atom. The van der Waals surface area contributed by atoms with E-state index < -0.39 is 35.9 Å². The van der Waals surface area contributed by atoms with Gasteiger partial charge in [-0.15, -0.1) is 0 Å². The molecule has 11 atom stereocenters. The Bertz CT molecular complexity index is 1250. The van der Waals surface area contributed by atoms with Crippen LogP contribution >= 0.6 is 24.1 Å². The summed E-state index contributed by atoms with van der Waals surface area (Å²) in [5.41, 5.74) is 1.84. The van der Waals surface area contributed by atoms with Gasteiger partial charge < -0.3 is 19.7 Å². The molecule has 40 heavy (non-hydrogen) atoms. The quantitative estimate of drug-likeness (QED) is 0.345. The standard InChI is InChI=1S/C31H42BrN2O5P/c1-29-11-19-15-34(14-18-5-4-17(8-18)13-32)33-23(19)9-20(29)6-7-21-22-10-26-31(25(37)16-35,39-28(38-26)40-3)30(22,2)12-24(36)27(21)29/h9,15,17-18,21-22,24,26-28,35-36H,3-8,10-14,16H2,1-2H3/t17?,18?,21-,22-,24-,26+,27+,28?,29-,30-,31+/m0/s1. The number of allylic oxidation sites excluding steroid dienone is 1. The fourth-order valence-corrected chi connectivity index (χ4v) is 11.6. The second-order valence-corrected chi connectivity index (χ2v) is 15.5. The number of carbonyl (C=O) groups is 1. The van der Waals surface area contributed by atoms with Gasteiger partial charge in [-0.2, -0.15) is 5.10 Å². The lowest BCUT2D eigenvalue weighted by Crippen LogP contribution is -2.63. The van der Waals surface area contributed by atoms with Gasteiger partial charge >= 0.3 is 0 Å². The third-order valence-electron chi connectivity index (χ3n) is 12.2. The van der Waals surface area contributed by atoms with Gasteiger partial charge in [0.1, 0.15) is 6.61 Å². The molecule has 6 aliphatic rings. The van der Waals surface area contributed by atoms with Crippen molar-refractivity contribution in [2.24, 2.45) is 40.4 Å². The molecule has 0 spiro atoms. The van der Waals surface area contributed by atoms with E-state index in [-0.39, 0.29) is 29.0 Å². The molecule has 5 fully saturated rings. The Morgan fingerprint density at radius 3 is 2.80 bits per heavy atom. The van der Waals surface area contributed by atoms with Crippen molar-refractivity contribution in [2.45, 2.75) is 95.6 Å². The molecule has 4 saturated carbocycles. The Hall–Kier alpha value is -0.890. The van der Waals surface area contributed by atoms with Gasteiger partial charge in [-0.3, -0.25) is 9.48 Å². The molecule has 2 heterocycles. The number of fused-ring (bicyclic) bond motifs is 8. The van der Waals surface area contributed by atoms with Crippen LogP contribution < -0.4 is 0 Å². The average molecular weight is 634 g/mol. The van der Waals surface area contributed by atoms with E-state index in [4.69, 9.17) is 14.6 Å². The third-order valence-corrected chi connectivity index (χ3v) is 13.6. The summed E-state index contributed by atoms with van der Waals surface area (Å²) in [6.07, 6.45) is 15.4. The molecule has 9 heteroatoms. The number of nitrogens with zero attached hydrogens (tertiary/aromatic N) is 2. The molecule has 0 bridgehead atoms. The van der Waals surface area contributed by atoms with Crippen LogP contribution in [0.15, 0.2) is 11.8 Å². The molecule has 218 valence electrons.